The Morgan fingerprint density at radius 2 is 2.05 bits per heavy atom. The van der Waals surface area contributed by atoms with Crippen LogP contribution in [0.5, 0.6) is 0 Å². The van der Waals surface area contributed by atoms with E-state index in [1.54, 1.807) is 12.1 Å². The topological polar surface area (TPSA) is 76.1 Å². The van der Waals surface area contributed by atoms with Crippen LogP contribution in [0.1, 0.15) is 15.2 Å². The number of carbonyl (C=O) groups is 1. The summed E-state index contributed by atoms with van der Waals surface area (Å²) in [5.74, 6) is -0.199. The molecule has 0 radical (unpaired) electrons. The van der Waals surface area contributed by atoms with E-state index >= 15 is 0 Å². The number of thiophene rings is 1. The predicted molar refractivity (Wildman–Crippen MR) is 89.7 cm³/mol. The first-order valence-corrected chi connectivity index (χ1v) is 9.89. The maximum absolute atomic E-state index is 12.2. The summed E-state index contributed by atoms with van der Waals surface area (Å²) in [7, 11) is -3.26. The molecule has 5 nitrogen and oxygen atoms in total. The first kappa shape index (κ1) is 15.1. The zero-order valence-electron chi connectivity index (χ0n) is 11.8. The number of anilines is 1. The summed E-state index contributed by atoms with van der Waals surface area (Å²) in [5.41, 5.74) is 1.58. The molecule has 1 amide bonds. The van der Waals surface area contributed by atoms with E-state index in [0.29, 0.717) is 15.5 Å². The minimum absolute atomic E-state index is 0.199. The number of amides is 1. The number of hydrogen-bond donors (Lipinski definition) is 1. The zero-order valence-corrected chi connectivity index (χ0v) is 14.2. The Morgan fingerprint density at radius 1 is 1.27 bits per heavy atom. The van der Waals surface area contributed by atoms with Crippen LogP contribution in [0.3, 0.4) is 0 Å². The van der Waals surface area contributed by atoms with Crippen molar-refractivity contribution in [1.29, 1.82) is 0 Å². The number of benzene rings is 1. The van der Waals surface area contributed by atoms with Crippen LogP contribution in [0.15, 0.2) is 34.5 Å². The molecular formula is C14H12N2O3S3. The van der Waals surface area contributed by atoms with Gasteiger partial charge in [0.2, 0.25) is 0 Å². The van der Waals surface area contributed by atoms with Gasteiger partial charge in [0.15, 0.2) is 15.0 Å². The highest BCUT2D eigenvalue weighted by Gasteiger charge is 2.14. The van der Waals surface area contributed by atoms with Crippen LogP contribution in [-0.2, 0) is 9.84 Å². The summed E-state index contributed by atoms with van der Waals surface area (Å²) in [6.07, 6.45) is 1.16. The fourth-order valence-electron chi connectivity index (χ4n) is 1.95. The van der Waals surface area contributed by atoms with Gasteiger partial charge < -0.3 is 0 Å². The molecule has 2 aromatic heterocycles. The molecule has 114 valence electrons. The Balaban J connectivity index is 1.93. The number of aromatic nitrogens is 1. The zero-order chi connectivity index (χ0) is 15.9. The van der Waals surface area contributed by atoms with Crippen molar-refractivity contribution in [3.05, 3.63) is 40.1 Å². The van der Waals surface area contributed by atoms with Crippen LogP contribution in [0.2, 0.25) is 0 Å². The van der Waals surface area contributed by atoms with E-state index in [1.165, 1.54) is 28.7 Å². The number of nitrogens with one attached hydrogen (secondary N) is 1. The Bertz CT molecular complexity index is 970. The average Bonchev–Trinajstić information content (AvgIpc) is 3.01. The van der Waals surface area contributed by atoms with E-state index in [1.807, 2.05) is 18.4 Å². The number of nitrogens with zero attached hydrogens (tertiary/aromatic N) is 1. The highest BCUT2D eigenvalue weighted by atomic mass is 32.2. The van der Waals surface area contributed by atoms with Gasteiger partial charge >= 0.3 is 0 Å². The third kappa shape index (κ3) is 2.90. The van der Waals surface area contributed by atoms with Crippen molar-refractivity contribution in [3.63, 3.8) is 0 Å². The van der Waals surface area contributed by atoms with E-state index in [9.17, 15) is 13.2 Å². The normalized spacial score (nSPS) is 11.7. The highest BCUT2D eigenvalue weighted by molar-refractivity contribution is 7.90. The van der Waals surface area contributed by atoms with Crippen molar-refractivity contribution in [2.24, 2.45) is 0 Å². The van der Waals surface area contributed by atoms with Crippen LogP contribution >= 0.6 is 22.7 Å². The maximum atomic E-state index is 12.2. The Hall–Kier alpha value is -1.77. The van der Waals surface area contributed by atoms with Crippen LogP contribution in [0.4, 0.5) is 5.13 Å². The molecule has 3 rings (SSSR count). The minimum atomic E-state index is -3.26. The second-order valence-electron chi connectivity index (χ2n) is 4.81. The third-order valence-corrected chi connectivity index (χ3v) is 6.14. The second kappa shape index (κ2) is 5.45. The van der Waals surface area contributed by atoms with Gasteiger partial charge in [-0.15, -0.1) is 11.3 Å². The molecule has 0 spiro atoms. The Labute approximate surface area is 135 Å². The number of sulfone groups is 1. The Morgan fingerprint density at radius 3 is 2.68 bits per heavy atom. The van der Waals surface area contributed by atoms with Gasteiger partial charge in [-0.05, 0) is 42.1 Å². The van der Waals surface area contributed by atoms with Crippen molar-refractivity contribution in [2.75, 3.05) is 11.6 Å². The smallest absolute Gasteiger partial charge is 0.267 e. The van der Waals surface area contributed by atoms with Crippen LogP contribution in [-0.4, -0.2) is 25.6 Å². The highest BCUT2D eigenvalue weighted by Crippen LogP contribution is 2.29. The van der Waals surface area contributed by atoms with Crippen LogP contribution in [0, 0.1) is 6.92 Å². The van der Waals surface area contributed by atoms with Crippen LogP contribution in [0.25, 0.3) is 10.2 Å². The molecule has 8 heteroatoms. The van der Waals surface area contributed by atoms with E-state index in [0.717, 1.165) is 16.5 Å². The third-order valence-electron chi connectivity index (χ3n) is 3.08. The van der Waals surface area contributed by atoms with E-state index in [4.69, 9.17) is 0 Å². The first-order chi connectivity index (χ1) is 10.3. The van der Waals surface area contributed by atoms with Gasteiger partial charge in [0.25, 0.3) is 5.91 Å². The van der Waals surface area contributed by atoms with Crippen molar-refractivity contribution in [2.45, 2.75) is 11.8 Å². The molecule has 0 fully saturated rings. The molecule has 1 N–H and O–H groups in total. The number of aryl methyl sites for hydroxylation is 1. The number of rotatable bonds is 3. The summed E-state index contributed by atoms with van der Waals surface area (Å²) in [4.78, 5) is 17.4. The molecule has 0 saturated carbocycles. The van der Waals surface area contributed by atoms with Gasteiger partial charge in [-0.1, -0.05) is 11.3 Å². The molecule has 2 heterocycles. The molecule has 0 atom stereocenters. The average molecular weight is 352 g/mol. The fourth-order valence-corrected chi connectivity index (χ4v) is 4.39. The molecule has 0 aliphatic carbocycles. The van der Waals surface area contributed by atoms with E-state index < -0.39 is 9.84 Å². The second-order valence-corrected chi connectivity index (χ2v) is 8.77. The first-order valence-electron chi connectivity index (χ1n) is 6.31. The van der Waals surface area contributed by atoms with Gasteiger partial charge in [-0.3, -0.25) is 10.1 Å². The molecule has 0 saturated heterocycles. The Kier molecular flexibility index (Phi) is 3.75. The summed E-state index contributed by atoms with van der Waals surface area (Å²) in [6, 6.07) is 6.63. The van der Waals surface area contributed by atoms with Gasteiger partial charge in [0.1, 0.15) is 0 Å². The lowest BCUT2D eigenvalue weighted by atomic mass is 10.3. The molecule has 1 aromatic carbocycles. The maximum Gasteiger partial charge on any atom is 0.267 e. The summed E-state index contributed by atoms with van der Waals surface area (Å²) in [6.45, 7) is 1.88. The van der Waals surface area contributed by atoms with Crippen molar-refractivity contribution < 1.29 is 13.2 Å². The summed E-state index contributed by atoms with van der Waals surface area (Å²) >= 11 is 2.63. The number of carbonyl (C=O) groups excluding carboxylic acids is 1. The number of fused-ring (bicyclic) bond motifs is 1. The lowest BCUT2D eigenvalue weighted by Crippen LogP contribution is -2.10. The SMILES string of the molecule is Cc1ccsc1C(=O)Nc1nc2ccc(S(C)(=O)=O)cc2s1. The molecule has 0 aliphatic heterocycles. The van der Waals surface area contributed by atoms with Gasteiger partial charge in [0.05, 0.1) is 20.0 Å². The van der Waals surface area contributed by atoms with E-state index in [-0.39, 0.29) is 10.8 Å². The minimum Gasteiger partial charge on any atom is -0.297 e. The summed E-state index contributed by atoms with van der Waals surface area (Å²) in [5, 5.41) is 5.08. The van der Waals surface area contributed by atoms with Gasteiger partial charge in [-0.2, -0.15) is 0 Å². The largest absolute Gasteiger partial charge is 0.297 e. The summed E-state index contributed by atoms with van der Waals surface area (Å²) < 4.78 is 23.9. The van der Waals surface area contributed by atoms with Crippen molar-refractivity contribution >= 4 is 53.8 Å². The molecule has 0 unspecified atom stereocenters. The van der Waals surface area contributed by atoms with Crippen molar-refractivity contribution in [3.8, 4) is 0 Å². The molecule has 3 aromatic rings. The monoisotopic (exact) mass is 352 g/mol. The standard InChI is InChI=1S/C14H12N2O3S3/c1-8-5-6-20-12(8)13(17)16-14-15-10-4-3-9(22(2,18)19)7-11(10)21-14/h3-7H,1-2H3,(H,15,16,17). The number of hydrogen-bond acceptors (Lipinski definition) is 6. The lowest BCUT2D eigenvalue weighted by Gasteiger charge is -1.99. The predicted octanol–water partition coefficient (Wildman–Crippen LogP) is 3.32. The molecule has 0 aliphatic rings. The van der Waals surface area contributed by atoms with E-state index in [2.05, 4.69) is 10.3 Å². The van der Waals surface area contributed by atoms with Gasteiger partial charge in [-0.25, -0.2) is 13.4 Å². The lowest BCUT2D eigenvalue weighted by molar-refractivity contribution is 0.103. The quantitative estimate of drug-likeness (QED) is 0.784. The number of thiazole rings is 1. The van der Waals surface area contributed by atoms with Crippen LogP contribution < -0.4 is 5.32 Å². The molecular weight excluding hydrogens is 340 g/mol. The molecule has 0 bridgehead atoms. The molecule has 22 heavy (non-hydrogen) atoms. The fraction of sp³-hybridized carbons (Fsp3) is 0.143. The van der Waals surface area contributed by atoms with Gasteiger partial charge in [0, 0.05) is 6.26 Å². The van der Waals surface area contributed by atoms with Crippen molar-refractivity contribution in [1.82, 2.24) is 4.98 Å².